The maximum atomic E-state index is 5.80. The standard InChI is InChI=1S/C15H13BrN2S/c16-13-7-2-1-5-11(13)14(18-17)12-6-3-4-10-8-9-19-15(10)12/h1-9,14,18H,17H2. The van der Waals surface area contributed by atoms with Crippen LogP contribution >= 0.6 is 27.3 Å². The molecule has 19 heavy (non-hydrogen) atoms. The predicted octanol–water partition coefficient (Wildman–Crippen LogP) is 4.22. The summed E-state index contributed by atoms with van der Waals surface area (Å²) in [6.45, 7) is 0. The predicted molar refractivity (Wildman–Crippen MR) is 85.1 cm³/mol. The van der Waals surface area contributed by atoms with Crippen LogP contribution in [0.15, 0.2) is 58.4 Å². The Morgan fingerprint density at radius 3 is 2.58 bits per heavy atom. The maximum absolute atomic E-state index is 5.80. The highest BCUT2D eigenvalue weighted by atomic mass is 79.9. The number of halogens is 1. The van der Waals surface area contributed by atoms with Gasteiger partial charge in [-0.05, 0) is 34.0 Å². The molecule has 0 aliphatic carbocycles. The van der Waals surface area contributed by atoms with Crippen LogP contribution in [0.3, 0.4) is 0 Å². The second kappa shape index (κ2) is 5.43. The molecule has 0 radical (unpaired) electrons. The van der Waals surface area contributed by atoms with Crippen LogP contribution < -0.4 is 11.3 Å². The quantitative estimate of drug-likeness (QED) is 0.556. The molecule has 96 valence electrons. The first kappa shape index (κ1) is 12.8. The summed E-state index contributed by atoms with van der Waals surface area (Å²) in [6, 6.07) is 16.6. The summed E-state index contributed by atoms with van der Waals surface area (Å²) >= 11 is 5.34. The molecule has 0 amide bonds. The minimum Gasteiger partial charge on any atom is -0.271 e. The molecule has 1 aromatic heterocycles. The van der Waals surface area contributed by atoms with Crippen LogP contribution in [0.4, 0.5) is 0 Å². The molecule has 4 heteroatoms. The van der Waals surface area contributed by atoms with Crippen LogP contribution in [0.25, 0.3) is 10.1 Å². The number of rotatable bonds is 3. The van der Waals surface area contributed by atoms with Gasteiger partial charge in [-0.15, -0.1) is 11.3 Å². The molecular weight excluding hydrogens is 320 g/mol. The molecule has 0 saturated carbocycles. The Bertz CT molecular complexity index is 708. The van der Waals surface area contributed by atoms with Crippen LogP contribution in [-0.4, -0.2) is 0 Å². The van der Waals surface area contributed by atoms with Crippen molar-refractivity contribution in [3.05, 3.63) is 69.5 Å². The fourth-order valence-corrected chi connectivity index (χ4v) is 3.76. The molecule has 0 bridgehead atoms. The molecule has 0 aliphatic heterocycles. The lowest BCUT2D eigenvalue weighted by Crippen LogP contribution is -2.29. The minimum atomic E-state index is -0.0158. The lowest BCUT2D eigenvalue weighted by atomic mass is 9.98. The van der Waals surface area contributed by atoms with Crippen LogP contribution in [-0.2, 0) is 0 Å². The number of fused-ring (bicyclic) bond motifs is 1. The van der Waals surface area contributed by atoms with Gasteiger partial charge in [0.1, 0.15) is 0 Å². The molecule has 1 atom stereocenters. The second-order valence-electron chi connectivity index (χ2n) is 4.31. The van der Waals surface area contributed by atoms with Crippen LogP contribution in [0.1, 0.15) is 17.2 Å². The molecule has 0 saturated heterocycles. The molecule has 3 rings (SSSR count). The van der Waals surface area contributed by atoms with Gasteiger partial charge in [0.05, 0.1) is 6.04 Å². The summed E-state index contributed by atoms with van der Waals surface area (Å²) in [6.07, 6.45) is 0. The van der Waals surface area contributed by atoms with Crippen molar-refractivity contribution in [3.8, 4) is 0 Å². The first-order chi connectivity index (χ1) is 9.31. The van der Waals surface area contributed by atoms with Crippen molar-refractivity contribution in [3.63, 3.8) is 0 Å². The third kappa shape index (κ3) is 2.32. The first-order valence-corrected chi connectivity index (χ1v) is 7.65. The summed E-state index contributed by atoms with van der Waals surface area (Å²) in [4.78, 5) is 0. The molecule has 2 nitrogen and oxygen atoms in total. The van der Waals surface area contributed by atoms with Gasteiger partial charge in [0.2, 0.25) is 0 Å². The lowest BCUT2D eigenvalue weighted by Gasteiger charge is -2.19. The SMILES string of the molecule is NNC(c1ccccc1Br)c1cccc2ccsc12. The van der Waals surface area contributed by atoms with Crippen molar-refractivity contribution in [2.75, 3.05) is 0 Å². The van der Waals surface area contributed by atoms with Crippen molar-refractivity contribution in [1.82, 2.24) is 5.43 Å². The number of hydrogen-bond donors (Lipinski definition) is 2. The van der Waals surface area contributed by atoms with Gasteiger partial charge < -0.3 is 0 Å². The third-order valence-electron chi connectivity index (χ3n) is 3.20. The second-order valence-corrected chi connectivity index (χ2v) is 6.08. The number of benzene rings is 2. The van der Waals surface area contributed by atoms with Crippen LogP contribution in [0.5, 0.6) is 0 Å². The molecule has 0 spiro atoms. The van der Waals surface area contributed by atoms with E-state index in [1.54, 1.807) is 11.3 Å². The zero-order chi connectivity index (χ0) is 13.2. The highest BCUT2D eigenvalue weighted by Gasteiger charge is 2.17. The van der Waals surface area contributed by atoms with Gasteiger partial charge in [-0.3, -0.25) is 5.84 Å². The fraction of sp³-hybridized carbons (Fsp3) is 0.0667. The van der Waals surface area contributed by atoms with E-state index in [-0.39, 0.29) is 6.04 Å². The molecule has 3 N–H and O–H groups in total. The van der Waals surface area contributed by atoms with Gasteiger partial charge in [-0.1, -0.05) is 52.3 Å². The zero-order valence-electron chi connectivity index (χ0n) is 10.1. The van der Waals surface area contributed by atoms with E-state index in [1.165, 1.54) is 15.6 Å². The van der Waals surface area contributed by atoms with Crippen molar-refractivity contribution in [1.29, 1.82) is 0 Å². The Morgan fingerprint density at radius 2 is 1.79 bits per heavy atom. The smallest absolute Gasteiger partial charge is 0.0734 e. The van der Waals surface area contributed by atoms with Crippen LogP contribution in [0.2, 0.25) is 0 Å². The molecule has 1 unspecified atom stereocenters. The normalized spacial score (nSPS) is 12.7. The average Bonchev–Trinajstić information content (AvgIpc) is 2.91. The number of hydrogen-bond acceptors (Lipinski definition) is 3. The summed E-state index contributed by atoms with van der Waals surface area (Å²) in [7, 11) is 0. The zero-order valence-corrected chi connectivity index (χ0v) is 12.5. The Labute approximate surface area is 124 Å². The van der Waals surface area contributed by atoms with E-state index in [4.69, 9.17) is 5.84 Å². The average molecular weight is 333 g/mol. The van der Waals surface area contributed by atoms with Gasteiger partial charge in [-0.25, -0.2) is 5.43 Å². The van der Waals surface area contributed by atoms with E-state index < -0.39 is 0 Å². The molecule has 3 aromatic rings. The Hall–Kier alpha value is -1.20. The largest absolute Gasteiger partial charge is 0.271 e. The van der Waals surface area contributed by atoms with Gasteiger partial charge in [0.15, 0.2) is 0 Å². The molecule has 0 aliphatic rings. The van der Waals surface area contributed by atoms with Crippen LogP contribution in [0, 0.1) is 0 Å². The topological polar surface area (TPSA) is 38.0 Å². The molecule has 1 heterocycles. The van der Waals surface area contributed by atoms with Crippen molar-refractivity contribution in [2.24, 2.45) is 5.84 Å². The van der Waals surface area contributed by atoms with Gasteiger partial charge in [0.25, 0.3) is 0 Å². The number of thiophene rings is 1. The van der Waals surface area contributed by atoms with Crippen molar-refractivity contribution in [2.45, 2.75) is 6.04 Å². The lowest BCUT2D eigenvalue weighted by molar-refractivity contribution is 0.639. The van der Waals surface area contributed by atoms with E-state index in [9.17, 15) is 0 Å². The summed E-state index contributed by atoms with van der Waals surface area (Å²) in [5, 5.41) is 3.37. The minimum absolute atomic E-state index is 0.0158. The molecule has 2 aromatic carbocycles. The highest BCUT2D eigenvalue weighted by Crippen LogP contribution is 2.34. The summed E-state index contributed by atoms with van der Waals surface area (Å²) < 4.78 is 2.34. The Morgan fingerprint density at radius 1 is 1.00 bits per heavy atom. The number of nitrogens with one attached hydrogen (secondary N) is 1. The van der Waals surface area contributed by atoms with E-state index in [2.05, 4.69) is 57.1 Å². The number of hydrazine groups is 1. The highest BCUT2D eigenvalue weighted by molar-refractivity contribution is 9.10. The van der Waals surface area contributed by atoms with Crippen molar-refractivity contribution >= 4 is 37.4 Å². The van der Waals surface area contributed by atoms with E-state index in [0.717, 1.165) is 10.0 Å². The van der Waals surface area contributed by atoms with E-state index in [0.29, 0.717) is 0 Å². The van der Waals surface area contributed by atoms with Gasteiger partial charge >= 0.3 is 0 Å². The van der Waals surface area contributed by atoms with Gasteiger partial charge in [-0.2, -0.15) is 0 Å². The molecular formula is C15H13BrN2S. The first-order valence-electron chi connectivity index (χ1n) is 5.98. The fourth-order valence-electron chi connectivity index (χ4n) is 2.30. The monoisotopic (exact) mass is 332 g/mol. The van der Waals surface area contributed by atoms with E-state index in [1.807, 2.05) is 18.2 Å². The third-order valence-corrected chi connectivity index (χ3v) is 4.90. The molecule has 0 fully saturated rings. The Balaban J connectivity index is 2.18. The summed E-state index contributed by atoms with van der Waals surface area (Å²) in [5.41, 5.74) is 5.29. The summed E-state index contributed by atoms with van der Waals surface area (Å²) in [5.74, 6) is 5.80. The Kier molecular flexibility index (Phi) is 3.66. The maximum Gasteiger partial charge on any atom is 0.0734 e. The van der Waals surface area contributed by atoms with Gasteiger partial charge in [0, 0.05) is 9.17 Å². The number of nitrogens with two attached hydrogens (primary N) is 1. The van der Waals surface area contributed by atoms with E-state index >= 15 is 0 Å². The van der Waals surface area contributed by atoms with Crippen molar-refractivity contribution < 1.29 is 0 Å².